The third kappa shape index (κ3) is 3.40. The van der Waals surface area contributed by atoms with Crippen LogP contribution in [0.4, 0.5) is 4.79 Å². The van der Waals surface area contributed by atoms with Crippen LogP contribution in [0.25, 0.3) is 0 Å². The van der Waals surface area contributed by atoms with Crippen molar-refractivity contribution in [1.29, 1.82) is 0 Å². The minimum atomic E-state index is -0.165. The van der Waals surface area contributed by atoms with E-state index in [0.717, 1.165) is 38.2 Å². The van der Waals surface area contributed by atoms with Crippen LogP contribution in [-0.4, -0.2) is 59.4 Å². The van der Waals surface area contributed by atoms with Gasteiger partial charge in [0.05, 0.1) is 12.1 Å². The van der Waals surface area contributed by atoms with Gasteiger partial charge in [0.15, 0.2) is 0 Å². The van der Waals surface area contributed by atoms with Crippen LogP contribution in [0.2, 0.25) is 0 Å². The summed E-state index contributed by atoms with van der Waals surface area (Å²) in [5, 5.41) is 8.75. The van der Waals surface area contributed by atoms with E-state index in [1.807, 2.05) is 17.0 Å². The Morgan fingerprint density at radius 2 is 2.08 bits per heavy atom. The van der Waals surface area contributed by atoms with Crippen LogP contribution >= 0.6 is 0 Å². The number of fused-ring (bicyclic) bond motifs is 1. The van der Waals surface area contributed by atoms with E-state index in [2.05, 4.69) is 35.8 Å². The van der Waals surface area contributed by atoms with Crippen molar-refractivity contribution >= 4 is 6.09 Å². The number of ether oxygens (including phenoxy) is 1. The second kappa shape index (κ2) is 7.25. The van der Waals surface area contributed by atoms with Crippen LogP contribution in [0, 0.1) is 11.8 Å². The average Bonchev–Trinajstić information content (AvgIpc) is 2.94. The molecule has 0 saturated carbocycles. The van der Waals surface area contributed by atoms with Gasteiger partial charge >= 0.3 is 6.09 Å². The summed E-state index contributed by atoms with van der Waals surface area (Å²) in [5.74, 6) is 5.97. The van der Waals surface area contributed by atoms with Crippen molar-refractivity contribution in [1.82, 2.24) is 9.80 Å². The van der Waals surface area contributed by atoms with E-state index in [0.29, 0.717) is 13.0 Å². The van der Waals surface area contributed by atoms with Crippen molar-refractivity contribution in [3.05, 3.63) is 35.4 Å². The molecule has 2 aliphatic rings. The van der Waals surface area contributed by atoms with Crippen LogP contribution in [0.5, 0.6) is 0 Å². The Morgan fingerprint density at radius 1 is 1.29 bits per heavy atom. The van der Waals surface area contributed by atoms with Crippen LogP contribution in [0.3, 0.4) is 0 Å². The Kier molecular flexibility index (Phi) is 5.08. The Hall–Kier alpha value is -2.03. The molecule has 5 heteroatoms. The summed E-state index contributed by atoms with van der Waals surface area (Å²) in [6.07, 6.45) is 1.25. The zero-order valence-corrected chi connectivity index (χ0v) is 14.1. The normalized spacial score (nSPS) is 23.4. The zero-order valence-electron chi connectivity index (χ0n) is 14.1. The molecule has 2 heterocycles. The lowest BCUT2D eigenvalue weighted by Crippen LogP contribution is -2.60. The van der Waals surface area contributed by atoms with Crippen LogP contribution in [0.1, 0.15) is 30.9 Å². The number of cyclic esters (lactones) is 1. The van der Waals surface area contributed by atoms with Gasteiger partial charge in [-0.1, -0.05) is 30.9 Å². The van der Waals surface area contributed by atoms with E-state index in [9.17, 15) is 4.79 Å². The van der Waals surface area contributed by atoms with Crippen LogP contribution < -0.4 is 0 Å². The molecule has 2 fully saturated rings. The SMILES string of the molecule is CCC12COC(=O)N1CCN(Cc1ccc(C#CCCO)cc1)C2. The molecule has 0 bridgehead atoms. The first-order valence-electron chi connectivity index (χ1n) is 8.52. The van der Waals surface area contributed by atoms with Crippen LogP contribution in [0.15, 0.2) is 24.3 Å². The van der Waals surface area contributed by atoms with Gasteiger partial charge in [-0.3, -0.25) is 9.80 Å². The highest BCUT2D eigenvalue weighted by molar-refractivity contribution is 5.71. The van der Waals surface area contributed by atoms with E-state index in [-0.39, 0.29) is 18.2 Å². The second-order valence-electron chi connectivity index (χ2n) is 6.47. The van der Waals surface area contributed by atoms with Gasteiger partial charge in [0.2, 0.25) is 0 Å². The minimum absolute atomic E-state index is 0.0997. The third-order valence-corrected chi connectivity index (χ3v) is 4.90. The molecule has 1 N–H and O–H groups in total. The summed E-state index contributed by atoms with van der Waals surface area (Å²) in [6.45, 7) is 6.05. The monoisotopic (exact) mass is 328 g/mol. The molecule has 5 nitrogen and oxygen atoms in total. The fourth-order valence-electron chi connectivity index (χ4n) is 3.45. The predicted molar refractivity (Wildman–Crippen MR) is 91.4 cm³/mol. The molecular weight excluding hydrogens is 304 g/mol. The van der Waals surface area contributed by atoms with Crippen LogP contribution in [-0.2, 0) is 11.3 Å². The van der Waals surface area contributed by atoms with E-state index < -0.39 is 0 Å². The zero-order chi connectivity index (χ0) is 17.0. The highest BCUT2D eigenvalue weighted by Crippen LogP contribution is 2.32. The van der Waals surface area contributed by atoms with E-state index >= 15 is 0 Å². The molecule has 128 valence electrons. The lowest BCUT2D eigenvalue weighted by molar-refractivity contribution is 0.0449. The molecule has 1 aromatic carbocycles. The number of hydrogen-bond acceptors (Lipinski definition) is 4. The first-order chi connectivity index (χ1) is 11.7. The minimum Gasteiger partial charge on any atom is -0.447 e. The first kappa shape index (κ1) is 16.8. The van der Waals surface area contributed by atoms with Crippen molar-refractivity contribution in [2.45, 2.75) is 31.8 Å². The number of aliphatic hydroxyl groups excluding tert-OH is 1. The lowest BCUT2D eigenvalue weighted by Gasteiger charge is -2.44. The summed E-state index contributed by atoms with van der Waals surface area (Å²) in [7, 11) is 0. The molecule has 0 aromatic heterocycles. The summed E-state index contributed by atoms with van der Waals surface area (Å²) in [6, 6.07) is 8.25. The highest BCUT2D eigenvalue weighted by atomic mass is 16.6. The first-order valence-corrected chi connectivity index (χ1v) is 8.52. The Morgan fingerprint density at radius 3 is 2.79 bits per heavy atom. The highest BCUT2D eigenvalue weighted by Gasteiger charge is 2.49. The predicted octanol–water partition coefficient (Wildman–Crippen LogP) is 1.84. The molecule has 0 aliphatic carbocycles. The van der Waals surface area contributed by atoms with E-state index in [1.165, 1.54) is 5.56 Å². The number of benzene rings is 1. The standard InChI is InChI=1S/C19H24N2O3/c1-2-19-14-20(10-11-21(19)18(23)24-15-19)13-17-8-6-16(7-9-17)5-3-4-12-22/h6-9,22H,2,4,10-15H2,1H3. The Bertz CT molecular complexity index is 647. The van der Waals surface area contributed by atoms with Gasteiger partial charge in [-0.15, -0.1) is 0 Å². The molecule has 0 radical (unpaired) electrons. The smallest absolute Gasteiger partial charge is 0.410 e. The molecular formula is C19H24N2O3. The van der Waals surface area contributed by atoms with E-state index in [1.54, 1.807) is 0 Å². The molecule has 24 heavy (non-hydrogen) atoms. The molecule has 3 rings (SSSR count). The summed E-state index contributed by atoms with van der Waals surface area (Å²) >= 11 is 0. The molecule has 1 amide bonds. The van der Waals surface area contributed by atoms with Crippen molar-refractivity contribution in [3.63, 3.8) is 0 Å². The van der Waals surface area contributed by atoms with Gasteiger partial charge in [0.1, 0.15) is 6.61 Å². The van der Waals surface area contributed by atoms with E-state index in [4.69, 9.17) is 9.84 Å². The number of carbonyl (C=O) groups excluding carboxylic acids is 1. The number of aliphatic hydroxyl groups is 1. The quantitative estimate of drug-likeness (QED) is 0.857. The number of piperazine rings is 1. The fourth-order valence-corrected chi connectivity index (χ4v) is 3.45. The van der Waals surface area contributed by atoms with Crippen molar-refractivity contribution < 1.29 is 14.6 Å². The van der Waals surface area contributed by atoms with Gasteiger partial charge in [0, 0.05) is 38.2 Å². The average molecular weight is 328 g/mol. The molecule has 1 unspecified atom stereocenters. The molecule has 0 spiro atoms. The third-order valence-electron chi connectivity index (χ3n) is 4.90. The number of carbonyl (C=O) groups is 1. The van der Waals surface area contributed by atoms with Gasteiger partial charge in [-0.25, -0.2) is 4.79 Å². The maximum atomic E-state index is 11.8. The maximum absolute atomic E-state index is 11.8. The van der Waals surface area contributed by atoms with Gasteiger partial charge in [-0.05, 0) is 24.1 Å². The van der Waals surface area contributed by atoms with Gasteiger partial charge < -0.3 is 9.84 Å². The van der Waals surface area contributed by atoms with Gasteiger partial charge in [-0.2, -0.15) is 0 Å². The summed E-state index contributed by atoms with van der Waals surface area (Å²) < 4.78 is 5.28. The fraction of sp³-hybridized carbons (Fsp3) is 0.526. The van der Waals surface area contributed by atoms with Gasteiger partial charge in [0.25, 0.3) is 0 Å². The number of hydrogen-bond donors (Lipinski definition) is 1. The summed E-state index contributed by atoms with van der Waals surface area (Å²) in [4.78, 5) is 16.1. The molecule has 1 atom stereocenters. The molecule has 2 saturated heterocycles. The van der Waals surface area contributed by atoms with Crippen molar-refractivity contribution in [3.8, 4) is 11.8 Å². The maximum Gasteiger partial charge on any atom is 0.410 e. The number of amides is 1. The summed E-state index contributed by atoms with van der Waals surface area (Å²) in [5.41, 5.74) is 2.05. The molecule has 1 aromatic rings. The topological polar surface area (TPSA) is 53.0 Å². The Balaban J connectivity index is 1.63. The number of rotatable bonds is 4. The second-order valence-corrected chi connectivity index (χ2v) is 6.47. The lowest BCUT2D eigenvalue weighted by atomic mass is 9.92. The Labute approximate surface area is 143 Å². The van der Waals surface area contributed by atoms with Crippen molar-refractivity contribution in [2.24, 2.45) is 0 Å². The largest absolute Gasteiger partial charge is 0.447 e. The molecule has 2 aliphatic heterocycles. The number of nitrogens with zero attached hydrogens (tertiary/aromatic N) is 2. The van der Waals surface area contributed by atoms with Crippen molar-refractivity contribution in [2.75, 3.05) is 32.8 Å².